The molecule has 0 amide bonds. The maximum absolute atomic E-state index is 12.2. The third-order valence-electron chi connectivity index (χ3n) is 2.46. The lowest BCUT2D eigenvalue weighted by Gasteiger charge is -2.13. The molecule has 102 valence electrons. The fraction of sp³-hybridized carbons (Fsp3) is 0.200. The van der Waals surface area contributed by atoms with Crippen molar-refractivity contribution in [1.82, 2.24) is 19.7 Å². The highest BCUT2D eigenvalue weighted by Gasteiger charge is 2.22. The molecule has 0 saturated carbocycles. The number of nitrogens with zero attached hydrogens (tertiary/aromatic N) is 2. The van der Waals surface area contributed by atoms with Gasteiger partial charge < -0.3 is 10.4 Å². The molecule has 1 atom stereocenters. The Balaban J connectivity index is 2.28. The van der Waals surface area contributed by atoms with Gasteiger partial charge in [0.1, 0.15) is 10.7 Å². The molecule has 9 heteroatoms. The number of hydrazine groups is 1. The molecule has 19 heavy (non-hydrogen) atoms. The van der Waals surface area contributed by atoms with Gasteiger partial charge in [0.05, 0.1) is 6.04 Å². The quantitative estimate of drug-likeness (QED) is 0.456. The van der Waals surface area contributed by atoms with Crippen molar-refractivity contribution >= 4 is 15.8 Å². The zero-order valence-electron chi connectivity index (χ0n) is 10.2. The minimum Gasteiger partial charge on any atom is -0.347 e. The van der Waals surface area contributed by atoms with E-state index in [0.717, 1.165) is 0 Å². The van der Waals surface area contributed by atoms with E-state index in [1.807, 2.05) is 0 Å². The van der Waals surface area contributed by atoms with E-state index in [1.165, 1.54) is 18.3 Å². The largest absolute Gasteiger partial charge is 0.347 e. The van der Waals surface area contributed by atoms with Crippen LogP contribution in [-0.2, 0) is 10.0 Å². The molecule has 8 nitrogen and oxygen atoms in total. The molecule has 0 spiro atoms. The molecule has 2 aromatic heterocycles. The highest BCUT2D eigenvalue weighted by atomic mass is 32.2. The van der Waals surface area contributed by atoms with Gasteiger partial charge in [-0.25, -0.2) is 29.0 Å². The van der Waals surface area contributed by atoms with Crippen LogP contribution in [0.1, 0.15) is 18.8 Å². The van der Waals surface area contributed by atoms with Crippen LogP contribution in [0.25, 0.3) is 0 Å². The lowest BCUT2D eigenvalue weighted by atomic mass is 10.3. The summed E-state index contributed by atoms with van der Waals surface area (Å²) in [6.07, 6.45) is 4.62. The molecule has 0 fully saturated rings. The van der Waals surface area contributed by atoms with Crippen LogP contribution in [0.5, 0.6) is 0 Å². The molecule has 0 radical (unpaired) electrons. The first kappa shape index (κ1) is 13.5. The number of nitrogen functional groups attached to an aromatic ring is 1. The van der Waals surface area contributed by atoms with Crippen molar-refractivity contribution < 1.29 is 8.42 Å². The topological polar surface area (TPSA) is 126 Å². The lowest BCUT2D eigenvalue weighted by molar-refractivity contribution is 0.561. The summed E-state index contributed by atoms with van der Waals surface area (Å²) >= 11 is 0. The van der Waals surface area contributed by atoms with Gasteiger partial charge in [-0.05, 0) is 19.1 Å². The van der Waals surface area contributed by atoms with Crippen molar-refractivity contribution in [2.45, 2.75) is 17.9 Å². The van der Waals surface area contributed by atoms with Gasteiger partial charge in [-0.15, -0.1) is 0 Å². The fourth-order valence-corrected chi connectivity index (χ4v) is 2.91. The van der Waals surface area contributed by atoms with Gasteiger partial charge in [-0.3, -0.25) is 0 Å². The molecule has 2 heterocycles. The number of hydrogen-bond acceptors (Lipinski definition) is 6. The second-order valence-corrected chi connectivity index (χ2v) is 5.49. The minimum absolute atomic E-state index is 0.0177. The first-order chi connectivity index (χ1) is 9.04. The number of hydrogen-bond donors (Lipinski definition) is 4. The van der Waals surface area contributed by atoms with Gasteiger partial charge in [-0.1, -0.05) is 0 Å². The molecule has 0 aromatic carbocycles. The third kappa shape index (κ3) is 2.89. The van der Waals surface area contributed by atoms with Crippen LogP contribution in [0, 0.1) is 0 Å². The SMILES string of the molecule is CC(NS(=O)(=O)c1cccnc1NN)c1ncc[nH]1. The first-order valence-electron chi connectivity index (χ1n) is 5.48. The van der Waals surface area contributed by atoms with Gasteiger partial charge in [0.15, 0.2) is 5.82 Å². The summed E-state index contributed by atoms with van der Waals surface area (Å²) in [5.74, 6) is 5.86. The van der Waals surface area contributed by atoms with Gasteiger partial charge in [-0.2, -0.15) is 0 Å². The van der Waals surface area contributed by atoms with Crippen molar-refractivity contribution in [3.63, 3.8) is 0 Å². The number of nitrogens with two attached hydrogens (primary N) is 1. The summed E-state index contributed by atoms with van der Waals surface area (Å²) in [5.41, 5.74) is 2.26. The maximum atomic E-state index is 12.2. The Hall–Kier alpha value is -1.97. The van der Waals surface area contributed by atoms with E-state index in [2.05, 4.69) is 25.1 Å². The number of nitrogens with one attached hydrogen (secondary N) is 3. The number of rotatable bonds is 5. The lowest BCUT2D eigenvalue weighted by Crippen LogP contribution is -2.29. The highest BCUT2D eigenvalue weighted by molar-refractivity contribution is 7.89. The molecule has 5 N–H and O–H groups in total. The molecule has 2 aromatic rings. The van der Waals surface area contributed by atoms with Crippen molar-refractivity contribution in [1.29, 1.82) is 0 Å². The average Bonchev–Trinajstić information content (AvgIpc) is 2.92. The van der Waals surface area contributed by atoms with Gasteiger partial charge in [0, 0.05) is 18.6 Å². The van der Waals surface area contributed by atoms with E-state index in [-0.39, 0.29) is 10.7 Å². The average molecular weight is 282 g/mol. The smallest absolute Gasteiger partial charge is 0.244 e. The second-order valence-electron chi connectivity index (χ2n) is 3.81. The van der Waals surface area contributed by atoms with E-state index < -0.39 is 16.1 Å². The third-order valence-corrected chi connectivity index (χ3v) is 4.03. The Morgan fingerprint density at radius 2 is 2.16 bits per heavy atom. The van der Waals surface area contributed by atoms with Crippen LogP contribution in [0.3, 0.4) is 0 Å². The number of anilines is 1. The van der Waals surface area contributed by atoms with Crippen LogP contribution in [0.4, 0.5) is 5.82 Å². The number of pyridine rings is 1. The van der Waals surface area contributed by atoms with E-state index in [0.29, 0.717) is 5.82 Å². The van der Waals surface area contributed by atoms with Gasteiger partial charge >= 0.3 is 0 Å². The number of H-pyrrole nitrogens is 1. The summed E-state index contributed by atoms with van der Waals surface area (Å²) < 4.78 is 27.0. The second kappa shape index (κ2) is 5.34. The summed E-state index contributed by atoms with van der Waals surface area (Å²) in [5, 5.41) is 0. The van der Waals surface area contributed by atoms with Crippen LogP contribution >= 0.6 is 0 Å². The number of aromatic amines is 1. The molecule has 0 aliphatic rings. The maximum Gasteiger partial charge on any atom is 0.244 e. The van der Waals surface area contributed by atoms with Crippen LogP contribution in [-0.4, -0.2) is 23.4 Å². The number of sulfonamides is 1. The standard InChI is InChI=1S/C10H14N6O2S/c1-7(9-13-5-6-14-9)16-19(17,18)8-3-2-4-12-10(8)15-11/h2-7,16H,11H2,1H3,(H,12,15)(H,13,14). The fourth-order valence-electron chi connectivity index (χ4n) is 1.58. The van der Waals surface area contributed by atoms with E-state index in [1.54, 1.807) is 19.3 Å². The van der Waals surface area contributed by atoms with Crippen molar-refractivity contribution in [3.8, 4) is 0 Å². The Kier molecular flexibility index (Phi) is 3.79. The highest BCUT2D eigenvalue weighted by Crippen LogP contribution is 2.19. The van der Waals surface area contributed by atoms with E-state index in [4.69, 9.17) is 5.84 Å². The monoisotopic (exact) mass is 282 g/mol. The minimum atomic E-state index is -3.74. The Labute approximate surface area is 110 Å². The van der Waals surface area contributed by atoms with Crippen LogP contribution in [0.2, 0.25) is 0 Å². The number of aromatic nitrogens is 3. The Bertz CT molecular complexity index is 640. The number of imidazole rings is 1. The summed E-state index contributed by atoms with van der Waals surface area (Å²) in [6.45, 7) is 1.68. The van der Waals surface area contributed by atoms with Crippen molar-refractivity contribution in [3.05, 3.63) is 36.5 Å². The predicted octanol–water partition coefficient (Wildman–Crippen LogP) is 0.130. The van der Waals surface area contributed by atoms with E-state index >= 15 is 0 Å². The van der Waals surface area contributed by atoms with Gasteiger partial charge in [0.25, 0.3) is 0 Å². The molecule has 2 rings (SSSR count). The van der Waals surface area contributed by atoms with Crippen LogP contribution in [0.15, 0.2) is 35.6 Å². The first-order valence-corrected chi connectivity index (χ1v) is 6.96. The zero-order chi connectivity index (χ0) is 13.9. The molecular formula is C10H14N6O2S. The molecular weight excluding hydrogens is 268 g/mol. The summed E-state index contributed by atoms with van der Waals surface area (Å²) in [6, 6.07) is 2.44. The molecule has 0 bridgehead atoms. The molecule has 0 aliphatic carbocycles. The Morgan fingerprint density at radius 3 is 2.79 bits per heavy atom. The van der Waals surface area contributed by atoms with Crippen molar-refractivity contribution in [2.24, 2.45) is 5.84 Å². The predicted molar refractivity (Wildman–Crippen MR) is 69.4 cm³/mol. The Morgan fingerprint density at radius 1 is 1.37 bits per heavy atom. The van der Waals surface area contributed by atoms with E-state index in [9.17, 15) is 8.42 Å². The molecule has 0 saturated heterocycles. The summed E-state index contributed by atoms with van der Waals surface area (Å²) in [4.78, 5) is 10.7. The van der Waals surface area contributed by atoms with Gasteiger partial charge in [0.2, 0.25) is 10.0 Å². The zero-order valence-corrected chi connectivity index (χ0v) is 11.0. The van der Waals surface area contributed by atoms with Crippen LogP contribution < -0.4 is 16.0 Å². The molecule has 1 unspecified atom stereocenters. The normalized spacial score (nSPS) is 13.2. The van der Waals surface area contributed by atoms with Crippen molar-refractivity contribution in [2.75, 3.05) is 5.43 Å². The molecule has 0 aliphatic heterocycles. The summed E-state index contributed by atoms with van der Waals surface area (Å²) in [7, 11) is -3.74.